The monoisotopic (exact) mass is 271 g/mol. The fraction of sp³-hybridized carbons (Fsp3) is 0.250. The molecule has 4 heteroatoms. The number of carboxylic acid groups (broad SMARTS) is 1. The molecule has 1 aliphatic heterocycles. The van der Waals surface area contributed by atoms with Gasteiger partial charge in [-0.05, 0) is 18.1 Å². The van der Waals surface area contributed by atoms with Crippen LogP contribution >= 0.6 is 0 Å². The molecular weight excluding hydrogens is 254 g/mol. The lowest BCUT2D eigenvalue weighted by atomic mass is 9.90. The van der Waals surface area contributed by atoms with Crippen molar-refractivity contribution >= 4 is 11.9 Å². The number of hydrogen-bond acceptors (Lipinski definition) is 2. The lowest BCUT2D eigenvalue weighted by molar-refractivity contribution is -0.140. The highest BCUT2D eigenvalue weighted by atomic mass is 16.4. The molecule has 0 aromatic heterocycles. The van der Waals surface area contributed by atoms with Gasteiger partial charge in [-0.15, -0.1) is 0 Å². The number of rotatable bonds is 3. The topological polar surface area (TPSA) is 57.6 Å². The third kappa shape index (κ3) is 2.96. The summed E-state index contributed by atoms with van der Waals surface area (Å²) < 4.78 is 0. The fourth-order valence-electron chi connectivity index (χ4n) is 2.34. The Bertz CT molecular complexity index is 575. The third-order valence-electron chi connectivity index (χ3n) is 3.35. The molecule has 0 saturated carbocycles. The van der Waals surface area contributed by atoms with Crippen LogP contribution in [0.2, 0.25) is 0 Å². The highest BCUT2D eigenvalue weighted by Crippen LogP contribution is 2.28. The predicted molar refractivity (Wildman–Crippen MR) is 76.2 cm³/mol. The predicted octanol–water partition coefficient (Wildman–Crippen LogP) is 2.33. The number of amides is 1. The van der Waals surface area contributed by atoms with Gasteiger partial charge in [-0.3, -0.25) is 9.59 Å². The number of allylic oxidation sites excluding steroid dienone is 3. The minimum atomic E-state index is -0.896. The SMILES string of the molecule is CC=CC=CC(=O)N1Cc2ccccc2C(C(=O)O)C1. The summed E-state index contributed by atoms with van der Waals surface area (Å²) in [6.07, 6.45) is 6.73. The zero-order valence-corrected chi connectivity index (χ0v) is 11.3. The highest BCUT2D eigenvalue weighted by molar-refractivity contribution is 5.89. The van der Waals surface area contributed by atoms with Gasteiger partial charge in [0.05, 0.1) is 5.92 Å². The van der Waals surface area contributed by atoms with E-state index in [1.165, 1.54) is 6.08 Å². The Morgan fingerprint density at radius 3 is 2.75 bits per heavy atom. The Balaban J connectivity index is 2.24. The maximum Gasteiger partial charge on any atom is 0.312 e. The van der Waals surface area contributed by atoms with Crippen molar-refractivity contribution in [3.05, 3.63) is 59.7 Å². The highest BCUT2D eigenvalue weighted by Gasteiger charge is 2.31. The van der Waals surface area contributed by atoms with Gasteiger partial charge in [-0.25, -0.2) is 0 Å². The molecule has 0 saturated heterocycles. The Labute approximate surface area is 118 Å². The first kappa shape index (κ1) is 14.1. The van der Waals surface area contributed by atoms with Crippen LogP contribution < -0.4 is 0 Å². The van der Waals surface area contributed by atoms with Crippen LogP contribution in [0.4, 0.5) is 0 Å². The first-order chi connectivity index (χ1) is 9.63. The molecule has 0 radical (unpaired) electrons. The molecule has 1 unspecified atom stereocenters. The summed E-state index contributed by atoms with van der Waals surface area (Å²) in [6.45, 7) is 2.54. The first-order valence-corrected chi connectivity index (χ1v) is 6.52. The van der Waals surface area contributed by atoms with Gasteiger partial charge in [0.2, 0.25) is 5.91 Å². The van der Waals surface area contributed by atoms with E-state index in [0.29, 0.717) is 6.54 Å². The van der Waals surface area contributed by atoms with Crippen LogP contribution in [0, 0.1) is 0 Å². The molecule has 1 heterocycles. The van der Waals surface area contributed by atoms with Gasteiger partial charge < -0.3 is 10.0 Å². The molecule has 0 bridgehead atoms. The first-order valence-electron chi connectivity index (χ1n) is 6.52. The van der Waals surface area contributed by atoms with E-state index in [-0.39, 0.29) is 12.5 Å². The number of carbonyl (C=O) groups excluding carboxylic acids is 1. The van der Waals surface area contributed by atoms with E-state index in [4.69, 9.17) is 0 Å². The lowest BCUT2D eigenvalue weighted by Gasteiger charge is -2.32. The van der Waals surface area contributed by atoms with Crippen molar-refractivity contribution in [1.82, 2.24) is 4.90 Å². The van der Waals surface area contributed by atoms with Crippen LogP contribution in [0.1, 0.15) is 24.0 Å². The smallest absolute Gasteiger partial charge is 0.312 e. The molecule has 4 nitrogen and oxygen atoms in total. The van der Waals surface area contributed by atoms with Gasteiger partial charge >= 0.3 is 5.97 Å². The average Bonchev–Trinajstić information content (AvgIpc) is 2.46. The van der Waals surface area contributed by atoms with Crippen LogP contribution in [0.15, 0.2) is 48.6 Å². The summed E-state index contributed by atoms with van der Waals surface area (Å²) >= 11 is 0. The van der Waals surface area contributed by atoms with Crippen LogP contribution in [-0.2, 0) is 16.1 Å². The van der Waals surface area contributed by atoms with Crippen molar-refractivity contribution in [1.29, 1.82) is 0 Å². The van der Waals surface area contributed by atoms with Crippen LogP contribution in [-0.4, -0.2) is 28.4 Å². The fourth-order valence-corrected chi connectivity index (χ4v) is 2.34. The van der Waals surface area contributed by atoms with Gasteiger partial charge in [0, 0.05) is 19.2 Å². The number of aliphatic carboxylic acids is 1. The van der Waals surface area contributed by atoms with Gasteiger partial charge in [0.1, 0.15) is 0 Å². The Hall–Kier alpha value is -2.36. The van der Waals surface area contributed by atoms with E-state index < -0.39 is 11.9 Å². The maximum atomic E-state index is 12.1. The maximum absolute atomic E-state index is 12.1. The third-order valence-corrected chi connectivity index (χ3v) is 3.35. The minimum Gasteiger partial charge on any atom is -0.481 e. The van der Waals surface area contributed by atoms with E-state index in [0.717, 1.165) is 11.1 Å². The molecule has 1 amide bonds. The summed E-state index contributed by atoms with van der Waals surface area (Å²) in [5.74, 6) is -1.71. The summed E-state index contributed by atoms with van der Waals surface area (Å²) in [4.78, 5) is 25.0. The van der Waals surface area contributed by atoms with Crippen molar-refractivity contribution in [3.63, 3.8) is 0 Å². The molecule has 1 aliphatic rings. The van der Waals surface area contributed by atoms with E-state index in [1.54, 1.807) is 17.1 Å². The van der Waals surface area contributed by atoms with Gasteiger partial charge in [0.25, 0.3) is 0 Å². The van der Waals surface area contributed by atoms with Crippen LogP contribution in [0.3, 0.4) is 0 Å². The molecule has 1 N–H and O–H groups in total. The van der Waals surface area contributed by atoms with Crippen molar-refractivity contribution < 1.29 is 14.7 Å². The van der Waals surface area contributed by atoms with E-state index in [9.17, 15) is 14.7 Å². The number of nitrogens with zero attached hydrogens (tertiary/aromatic N) is 1. The average molecular weight is 271 g/mol. The van der Waals surface area contributed by atoms with Crippen LogP contribution in [0.25, 0.3) is 0 Å². The molecule has 2 rings (SSSR count). The largest absolute Gasteiger partial charge is 0.481 e. The Morgan fingerprint density at radius 1 is 1.30 bits per heavy atom. The Morgan fingerprint density at radius 2 is 2.05 bits per heavy atom. The zero-order chi connectivity index (χ0) is 14.5. The van der Waals surface area contributed by atoms with Crippen molar-refractivity contribution in [3.8, 4) is 0 Å². The molecule has 20 heavy (non-hydrogen) atoms. The molecule has 0 spiro atoms. The number of hydrogen-bond donors (Lipinski definition) is 1. The molecular formula is C16H17NO3. The number of carbonyl (C=O) groups is 2. The van der Waals surface area contributed by atoms with E-state index >= 15 is 0 Å². The second-order valence-corrected chi connectivity index (χ2v) is 4.69. The summed E-state index contributed by atoms with van der Waals surface area (Å²) in [5.41, 5.74) is 1.71. The van der Waals surface area contributed by atoms with Crippen molar-refractivity contribution in [2.45, 2.75) is 19.4 Å². The molecule has 104 valence electrons. The second-order valence-electron chi connectivity index (χ2n) is 4.69. The Kier molecular flexibility index (Phi) is 4.35. The van der Waals surface area contributed by atoms with E-state index in [2.05, 4.69) is 0 Å². The lowest BCUT2D eigenvalue weighted by Crippen LogP contribution is -2.39. The number of benzene rings is 1. The summed E-state index contributed by atoms with van der Waals surface area (Å²) in [6, 6.07) is 7.39. The van der Waals surface area contributed by atoms with Gasteiger partial charge in [-0.2, -0.15) is 0 Å². The molecule has 1 atom stereocenters. The van der Waals surface area contributed by atoms with Crippen molar-refractivity contribution in [2.24, 2.45) is 0 Å². The van der Waals surface area contributed by atoms with Crippen molar-refractivity contribution in [2.75, 3.05) is 6.54 Å². The van der Waals surface area contributed by atoms with Gasteiger partial charge in [-0.1, -0.05) is 42.5 Å². The standard InChI is InChI=1S/C16H17NO3/c1-2-3-4-9-15(18)17-10-12-7-5-6-8-13(12)14(11-17)16(19)20/h2-9,14H,10-11H2,1H3,(H,19,20). The number of carboxylic acids is 1. The molecule has 0 aliphatic carbocycles. The second kappa shape index (κ2) is 6.19. The molecule has 1 aromatic carbocycles. The number of fused-ring (bicyclic) bond motifs is 1. The normalized spacial score (nSPS) is 18.4. The zero-order valence-electron chi connectivity index (χ0n) is 11.3. The molecule has 0 fully saturated rings. The quantitative estimate of drug-likeness (QED) is 0.678. The van der Waals surface area contributed by atoms with Crippen LogP contribution in [0.5, 0.6) is 0 Å². The van der Waals surface area contributed by atoms with Gasteiger partial charge in [0.15, 0.2) is 0 Å². The summed E-state index contributed by atoms with van der Waals surface area (Å²) in [7, 11) is 0. The summed E-state index contributed by atoms with van der Waals surface area (Å²) in [5, 5.41) is 9.33. The minimum absolute atomic E-state index is 0.163. The molecule has 1 aromatic rings. The van der Waals surface area contributed by atoms with E-state index in [1.807, 2.05) is 37.3 Å².